The van der Waals surface area contributed by atoms with Crippen LogP contribution in [0.1, 0.15) is 76.9 Å². The molecule has 3 rings (SSSR count). The van der Waals surface area contributed by atoms with Gasteiger partial charge in [0.25, 0.3) is 0 Å². The number of nitrogens with one attached hydrogen (secondary N) is 1. The molecule has 4 N–H and O–H groups in total. The predicted octanol–water partition coefficient (Wildman–Crippen LogP) is 4.08. The Morgan fingerprint density at radius 3 is 2.54 bits per heavy atom. The van der Waals surface area contributed by atoms with E-state index in [0.717, 1.165) is 51.4 Å². The lowest BCUT2D eigenvalue weighted by Gasteiger charge is -2.48. The normalized spacial score (nSPS) is 25.7. The zero-order valence-electron chi connectivity index (χ0n) is 17.2. The first-order valence-electron chi connectivity index (χ1n) is 10.7. The molecule has 28 heavy (non-hydrogen) atoms. The molecule has 0 bridgehead atoms. The second kappa shape index (κ2) is 8.50. The van der Waals surface area contributed by atoms with Gasteiger partial charge in [0.15, 0.2) is 0 Å². The highest BCUT2D eigenvalue weighted by Gasteiger charge is 2.49. The van der Waals surface area contributed by atoms with Crippen molar-refractivity contribution in [1.29, 1.82) is 0 Å². The quantitative estimate of drug-likeness (QED) is 0.626. The lowest BCUT2D eigenvalue weighted by molar-refractivity contribution is -0.139. The molecule has 1 atom stereocenters. The highest BCUT2D eigenvalue weighted by atomic mass is 19.1. The third-order valence-corrected chi connectivity index (χ3v) is 7.17. The van der Waals surface area contributed by atoms with E-state index in [1.54, 1.807) is 12.1 Å². The minimum Gasteiger partial charge on any atom is -0.387 e. The lowest BCUT2D eigenvalue weighted by atomic mass is 9.56. The fourth-order valence-corrected chi connectivity index (χ4v) is 5.33. The standard InChI is InChI=1S/C23H35FN2O2/c1-22(2,26-15-20(27)17-5-3-6-19(24)13-17)14-16-7-9-18(10-8-16)23(21(25)28)11-4-12-23/h3,5-6,13,16,18,20,26-27H,4,7-12,14-15H2,1-2H3,(H2,25,28)/t16?,18?,20-/m0/s1. The number of β-amino-alcohol motifs (C(OH)–C–C–N with tert-alkyl or cyclic N) is 1. The summed E-state index contributed by atoms with van der Waals surface area (Å²) < 4.78 is 13.3. The molecule has 5 heteroatoms. The molecule has 0 aromatic heterocycles. The molecule has 2 aliphatic rings. The van der Waals surface area contributed by atoms with E-state index in [1.807, 2.05) is 0 Å². The molecular formula is C23H35FN2O2. The van der Waals surface area contributed by atoms with E-state index in [9.17, 15) is 14.3 Å². The van der Waals surface area contributed by atoms with Crippen LogP contribution >= 0.6 is 0 Å². The summed E-state index contributed by atoms with van der Waals surface area (Å²) in [5.74, 6) is 0.666. The van der Waals surface area contributed by atoms with Gasteiger partial charge in [-0.05, 0) is 75.5 Å². The summed E-state index contributed by atoms with van der Waals surface area (Å²) in [6.45, 7) is 4.72. The maximum atomic E-state index is 13.3. The molecule has 0 saturated heterocycles. The molecular weight excluding hydrogens is 355 g/mol. The van der Waals surface area contributed by atoms with Crippen molar-refractivity contribution in [3.05, 3.63) is 35.6 Å². The van der Waals surface area contributed by atoms with Crippen LogP contribution in [0.5, 0.6) is 0 Å². The largest absolute Gasteiger partial charge is 0.387 e. The van der Waals surface area contributed by atoms with Gasteiger partial charge in [-0.2, -0.15) is 0 Å². The van der Waals surface area contributed by atoms with Gasteiger partial charge in [-0.1, -0.05) is 31.4 Å². The molecule has 0 radical (unpaired) electrons. The zero-order valence-corrected chi connectivity index (χ0v) is 17.2. The van der Waals surface area contributed by atoms with Crippen molar-refractivity contribution >= 4 is 5.91 Å². The van der Waals surface area contributed by atoms with E-state index >= 15 is 0 Å². The molecule has 2 aliphatic carbocycles. The Labute approximate surface area is 168 Å². The van der Waals surface area contributed by atoms with Gasteiger partial charge in [0.2, 0.25) is 5.91 Å². The Morgan fingerprint density at radius 2 is 2.00 bits per heavy atom. The van der Waals surface area contributed by atoms with Crippen LogP contribution in [0.25, 0.3) is 0 Å². The minimum absolute atomic E-state index is 0.0875. The number of aliphatic hydroxyl groups excluding tert-OH is 1. The van der Waals surface area contributed by atoms with E-state index in [4.69, 9.17) is 5.73 Å². The number of amides is 1. The Kier molecular flexibility index (Phi) is 6.45. The first kappa shape index (κ1) is 21.3. The molecule has 0 spiro atoms. The number of primary amides is 1. The number of hydrogen-bond donors (Lipinski definition) is 3. The molecule has 156 valence electrons. The monoisotopic (exact) mass is 390 g/mol. The maximum absolute atomic E-state index is 13.3. The number of hydrogen-bond acceptors (Lipinski definition) is 3. The van der Waals surface area contributed by atoms with Crippen molar-refractivity contribution < 1.29 is 14.3 Å². The molecule has 0 unspecified atom stereocenters. The molecule has 0 heterocycles. The number of carbonyl (C=O) groups is 1. The van der Waals surface area contributed by atoms with Gasteiger partial charge in [-0.25, -0.2) is 4.39 Å². The highest BCUT2D eigenvalue weighted by molar-refractivity contribution is 5.82. The molecule has 2 saturated carbocycles. The lowest BCUT2D eigenvalue weighted by Crippen LogP contribution is -2.49. The summed E-state index contributed by atoms with van der Waals surface area (Å²) in [6, 6.07) is 6.14. The van der Waals surface area contributed by atoms with E-state index in [1.165, 1.54) is 12.1 Å². The summed E-state index contributed by atoms with van der Waals surface area (Å²) >= 11 is 0. The van der Waals surface area contributed by atoms with Gasteiger partial charge < -0.3 is 16.2 Å². The number of halogens is 1. The van der Waals surface area contributed by atoms with Crippen LogP contribution in [-0.4, -0.2) is 23.1 Å². The van der Waals surface area contributed by atoms with Crippen LogP contribution in [0.3, 0.4) is 0 Å². The van der Waals surface area contributed by atoms with Crippen molar-refractivity contribution in [2.24, 2.45) is 23.0 Å². The van der Waals surface area contributed by atoms with Crippen molar-refractivity contribution in [3.63, 3.8) is 0 Å². The summed E-state index contributed by atoms with van der Waals surface area (Å²) in [6.07, 6.45) is 7.84. The Hall–Kier alpha value is -1.46. The molecule has 2 fully saturated rings. The second-order valence-corrected chi connectivity index (χ2v) is 9.63. The average Bonchev–Trinajstić information content (AvgIpc) is 2.59. The Bertz CT molecular complexity index is 679. The van der Waals surface area contributed by atoms with Gasteiger partial charge in [-0.3, -0.25) is 4.79 Å². The van der Waals surface area contributed by atoms with E-state index in [2.05, 4.69) is 19.2 Å². The van der Waals surface area contributed by atoms with Crippen molar-refractivity contribution in [2.75, 3.05) is 6.54 Å². The third-order valence-electron chi connectivity index (χ3n) is 7.17. The van der Waals surface area contributed by atoms with E-state index in [0.29, 0.717) is 23.9 Å². The van der Waals surface area contributed by atoms with Crippen LogP contribution in [0.4, 0.5) is 4.39 Å². The van der Waals surface area contributed by atoms with Crippen LogP contribution in [0.2, 0.25) is 0 Å². The minimum atomic E-state index is -0.722. The molecule has 1 aromatic rings. The Morgan fingerprint density at radius 1 is 1.32 bits per heavy atom. The van der Waals surface area contributed by atoms with E-state index < -0.39 is 6.10 Å². The van der Waals surface area contributed by atoms with Gasteiger partial charge >= 0.3 is 0 Å². The SMILES string of the molecule is CC(C)(CC1CCC(C2(C(N)=O)CCC2)CC1)NC[C@H](O)c1cccc(F)c1. The number of nitrogens with two attached hydrogens (primary N) is 1. The van der Waals surface area contributed by atoms with Gasteiger partial charge in [0.05, 0.1) is 11.5 Å². The smallest absolute Gasteiger partial charge is 0.223 e. The fraction of sp³-hybridized carbons (Fsp3) is 0.696. The van der Waals surface area contributed by atoms with Crippen LogP contribution in [0, 0.1) is 23.1 Å². The average molecular weight is 391 g/mol. The van der Waals surface area contributed by atoms with Crippen molar-refractivity contribution in [3.8, 4) is 0 Å². The molecule has 1 aromatic carbocycles. The number of benzene rings is 1. The maximum Gasteiger partial charge on any atom is 0.223 e. The van der Waals surface area contributed by atoms with Crippen molar-refractivity contribution in [2.45, 2.75) is 76.9 Å². The third kappa shape index (κ3) is 4.74. The summed E-state index contributed by atoms with van der Waals surface area (Å²) in [4.78, 5) is 12.0. The fourth-order valence-electron chi connectivity index (χ4n) is 5.33. The van der Waals surface area contributed by atoms with Crippen LogP contribution in [0.15, 0.2) is 24.3 Å². The molecule has 4 nitrogen and oxygen atoms in total. The second-order valence-electron chi connectivity index (χ2n) is 9.63. The van der Waals surface area contributed by atoms with Crippen molar-refractivity contribution in [1.82, 2.24) is 5.32 Å². The highest BCUT2D eigenvalue weighted by Crippen LogP contribution is 2.53. The predicted molar refractivity (Wildman–Crippen MR) is 109 cm³/mol. The number of carbonyl (C=O) groups excluding carboxylic acids is 1. The van der Waals surface area contributed by atoms with Crippen LogP contribution < -0.4 is 11.1 Å². The summed E-state index contributed by atoms with van der Waals surface area (Å²) in [5, 5.41) is 13.8. The first-order valence-corrected chi connectivity index (χ1v) is 10.7. The van der Waals surface area contributed by atoms with E-state index in [-0.39, 0.29) is 22.7 Å². The van der Waals surface area contributed by atoms with Crippen LogP contribution in [-0.2, 0) is 4.79 Å². The Balaban J connectivity index is 1.46. The topological polar surface area (TPSA) is 75.4 Å². The number of aliphatic hydroxyl groups is 1. The summed E-state index contributed by atoms with van der Waals surface area (Å²) in [5.41, 5.74) is 6.01. The molecule has 0 aliphatic heterocycles. The molecule has 1 amide bonds. The first-order chi connectivity index (χ1) is 13.2. The number of rotatable bonds is 8. The summed E-state index contributed by atoms with van der Waals surface area (Å²) in [7, 11) is 0. The van der Waals surface area contributed by atoms with Gasteiger partial charge in [-0.15, -0.1) is 0 Å². The zero-order chi connectivity index (χ0) is 20.4. The van der Waals surface area contributed by atoms with Gasteiger partial charge in [0, 0.05) is 12.1 Å². The van der Waals surface area contributed by atoms with Gasteiger partial charge in [0.1, 0.15) is 5.82 Å².